The van der Waals surface area contributed by atoms with E-state index >= 15 is 0 Å². The van der Waals surface area contributed by atoms with Crippen LogP contribution in [0, 0.1) is 17.0 Å². The Morgan fingerprint density at radius 3 is 2.75 bits per heavy atom. The molecule has 0 aliphatic heterocycles. The number of nitro benzene ring substituents is 1. The average molecular weight is 275 g/mol. The van der Waals surface area contributed by atoms with E-state index < -0.39 is 10.9 Å². The number of carboxylic acid groups (broad SMARTS) is 1. The van der Waals surface area contributed by atoms with Crippen molar-refractivity contribution in [2.45, 2.75) is 6.92 Å². The predicted molar refractivity (Wildman–Crippen MR) is 74.0 cm³/mol. The molecule has 0 aliphatic rings. The van der Waals surface area contributed by atoms with Crippen LogP contribution in [-0.2, 0) is 4.79 Å². The van der Waals surface area contributed by atoms with Gasteiger partial charge in [0.05, 0.1) is 10.3 Å². The monoisotopic (exact) mass is 275 g/mol. The number of pyridine rings is 1. The number of aromatic nitrogens is 1. The number of nitro groups is 1. The fourth-order valence-electron chi connectivity index (χ4n) is 2.16. The van der Waals surface area contributed by atoms with Crippen molar-refractivity contribution in [1.29, 1.82) is 0 Å². The van der Waals surface area contributed by atoms with Gasteiger partial charge < -0.3 is 10.0 Å². The summed E-state index contributed by atoms with van der Waals surface area (Å²) in [6.45, 7) is 1.58. The molecule has 0 atom stereocenters. The zero-order valence-corrected chi connectivity index (χ0v) is 11.0. The summed E-state index contributed by atoms with van der Waals surface area (Å²) in [5.74, 6) is -0.569. The van der Waals surface area contributed by atoms with Gasteiger partial charge in [-0.1, -0.05) is 6.07 Å². The molecule has 0 unspecified atom stereocenters. The van der Waals surface area contributed by atoms with Gasteiger partial charge in [0.1, 0.15) is 12.4 Å². The van der Waals surface area contributed by atoms with Gasteiger partial charge in [-0.05, 0) is 18.6 Å². The Hall–Kier alpha value is -2.70. The Kier molecular flexibility index (Phi) is 3.51. The van der Waals surface area contributed by atoms with Crippen molar-refractivity contribution < 1.29 is 14.8 Å². The summed E-state index contributed by atoms with van der Waals surface area (Å²) < 4.78 is 0. The molecule has 7 nitrogen and oxygen atoms in total. The van der Waals surface area contributed by atoms with E-state index in [1.54, 1.807) is 19.2 Å². The standard InChI is InChI=1S/C13H13N3O4/c1-8-3-4-10(16(19)20)9-5-6-14-13(12(8)9)15(2)7-11(17)18/h3-6H,7H2,1-2H3,(H,17,18). The third kappa shape index (κ3) is 2.37. The van der Waals surface area contributed by atoms with E-state index in [0.29, 0.717) is 16.6 Å². The lowest BCUT2D eigenvalue weighted by Crippen LogP contribution is -2.26. The van der Waals surface area contributed by atoms with Crippen molar-refractivity contribution >= 4 is 28.2 Å². The maximum absolute atomic E-state index is 11.1. The van der Waals surface area contributed by atoms with Crippen molar-refractivity contribution in [3.63, 3.8) is 0 Å². The minimum Gasteiger partial charge on any atom is -0.480 e. The molecule has 0 fully saturated rings. The van der Waals surface area contributed by atoms with Crippen LogP contribution in [0.1, 0.15) is 5.56 Å². The molecule has 0 amide bonds. The second-order valence-corrected chi connectivity index (χ2v) is 4.47. The summed E-state index contributed by atoms with van der Waals surface area (Å²) in [5.41, 5.74) is 0.795. The molecule has 104 valence electrons. The number of anilines is 1. The van der Waals surface area contributed by atoms with Crippen LogP contribution in [0.4, 0.5) is 11.5 Å². The number of hydrogen-bond acceptors (Lipinski definition) is 5. The number of hydrogen-bond donors (Lipinski definition) is 1. The van der Waals surface area contributed by atoms with E-state index in [9.17, 15) is 14.9 Å². The molecular formula is C13H13N3O4. The van der Waals surface area contributed by atoms with Gasteiger partial charge in [0.2, 0.25) is 0 Å². The summed E-state index contributed by atoms with van der Waals surface area (Å²) in [4.78, 5) is 27.0. The molecule has 7 heteroatoms. The molecule has 1 aromatic carbocycles. The van der Waals surface area contributed by atoms with Gasteiger partial charge in [-0.15, -0.1) is 0 Å². The van der Waals surface area contributed by atoms with Gasteiger partial charge in [0.15, 0.2) is 0 Å². The van der Waals surface area contributed by atoms with Crippen LogP contribution in [0.5, 0.6) is 0 Å². The van der Waals surface area contributed by atoms with Gasteiger partial charge >= 0.3 is 5.97 Å². The first-order valence-electron chi connectivity index (χ1n) is 5.87. The van der Waals surface area contributed by atoms with Gasteiger partial charge in [-0.3, -0.25) is 14.9 Å². The molecule has 1 heterocycles. The SMILES string of the molecule is Cc1ccc([N+](=O)[O-])c2ccnc(N(C)CC(=O)O)c12. The summed E-state index contributed by atoms with van der Waals surface area (Å²) >= 11 is 0. The quantitative estimate of drug-likeness (QED) is 0.676. The number of likely N-dealkylation sites (N-methyl/N-ethyl adjacent to an activating group) is 1. The molecule has 2 rings (SSSR count). The Morgan fingerprint density at radius 2 is 2.15 bits per heavy atom. The minimum atomic E-state index is -0.991. The lowest BCUT2D eigenvalue weighted by atomic mass is 10.0. The summed E-state index contributed by atoms with van der Waals surface area (Å²) in [5, 5.41) is 21.0. The largest absolute Gasteiger partial charge is 0.480 e. The number of rotatable bonds is 4. The minimum absolute atomic E-state index is 0.0158. The van der Waals surface area contributed by atoms with Gasteiger partial charge in [0, 0.05) is 24.7 Å². The maximum Gasteiger partial charge on any atom is 0.323 e. The van der Waals surface area contributed by atoms with Crippen molar-refractivity contribution in [1.82, 2.24) is 4.98 Å². The van der Waals surface area contributed by atoms with E-state index in [4.69, 9.17) is 5.11 Å². The normalized spacial score (nSPS) is 10.5. The van der Waals surface area contributed by atoms with Crippen LogP contribution in [0.2, 0.25) is 0 Å². The number of fused-ring (bicyclic) bond motifs is 1. The van der Waals surface area contributed by atoms with E-state index in [1.807, 2.05) is 6.92 Å². The summed E-state index contributed by atoms with van der Waals surface area (Å²) in [6, 6.07) is 4.65. The highest BCUT2D eigenvalue weighted by molar-refractivity contribution is 6.00. The number of aliphatic carboxylic acids is 1. The van der Waals surface area contributed by atoms with Gasteiger partial charge in [-0.25, -0.2) is 4.98 Å². The zero-order chi connectivity index (χ0) is 14.9. The van der Waals surface area contributed by atoms with Crippen molar-refractivity contribution in [3.8, 4) is 0 Å². The maximum atomic E-state index is 11.1. The Bertz CT molecular complexity index is 699. The van der Waals surface area contributed by atoms with Crippen LogP contribution < -0.4 is 4.90 Å². The topological polar surface area (TPSA) is 96.6 Å². The number of non-ortho nitro benzene ring substituents is 1. The molecule has 0 spiro atoms. The highest BCUT2D eigenvalue weighted by Crippen LogP contribution is 2.33. The summed E-state index contributed by atoms with van der Waals surface area (Å²) in [6.07, 6.45) is 1.45. The molecule has 0 radical (unpaired) electrons. The van der Waals surface area contributed by atoms with Crippen molar-refractivity contribution in [2.24, 2.45) is 0 Å². The van der Waals surface area contributed by atoms with Crippen molar-refractivity contribution in [3.05, 3.63) is 40.1 Å². The van der Waals surface area contributed by atoms with Crippen LogP contribution in [-0.4, -0.2) is 34.6 Å². The highest BCUT2D eigenvalue weighted by Gasteiger charge is 2.18. The Labute approximate surface area is 114 Å². The first-order valence-corrected chi connectivity index (χ1v) is 5.87. The first kappa shape index (κ1) is 13.7. The third-order valence-electron chi connectivity index (χ3n) is 3.02. The summed E-state index contributed by atoms with van der Waals surface area (Å²) in [7, 11) is 1.59. The van der Waals surface area contributed by atoms with E-state index in [1.165, 1.54) is 17.2 Å². The number of carboxylic acids is 1. The smallest absolute Gasteiger partial charge is 0.323 e. The fourth-order valence-corrected chi connectivity index (χ4v) is 2.16. The highest BCUT2D eigenvalue weighted by atomic mass is 16.6. The van der Waals surface area contributed by atoms with E-state index in [-0.39, 0.29) is 12.2 Å². The number of nitrogens with zero attached hydrogens (tertiary/aromatic N) is 3. The number of benzene rings is 1. The zero-order valence-electron chi connectivity index (χ0n) is 11.0. The lowest BCUT2D eigenvalue weighted by Gasteiger charge is -2.18. The first-order chi connectivity index (χ1) is 9.41. The third-order valence-corrected chi connectivity index (χ3v) is 3.02. The Morgan fingerprint density at radius 1 is 1.45 bits per heavy atom. The molecule has 0 bridgehead atoms. The molecule has 1 N–H and O–H groups in total. The number of aryl methyl sites for hydroxylation is 1. The molecule has 0 saturated heterocycles. The molecule has 20 heavy (non-hydrogen) atoms. The average Bonchev–Trinajstić information content (AvgIpc) is 2.37. The van der Waals surface area contributed by atoms with E-state index in [2.05, 4.69) is 4.98 Å². The molecule has 1 aromatic heterocycles. The second-order valence-electron chi connectivity index (χ2n) is 4.47. The fraction of sp³-hybridized carbons (Fsp3) is 0.231. The van der Waals surface area contributed by atoms with Gasteiger partial charge in [0.25, 0.3) is 5.69 Å². The number of carbonyl (C=O) groups is 1. The van der Waals surface area contributed by atoms with Crippen molar-refractivity contribution in [2.75, 3.05) is 18.5 Å². The van der Waals surface area contributed by atoms with Gasteiger partial charge in [-0.2, -0.15) is 0 Å². The van der Waals surface area contributed by atoms with Crippen LogP contribution in [0.25, 0.3) is 10.8 Å². The Balaban J connectivity index is 2.71. The van der Waals surface area contributed by atoms with E-state index in [0.717, 1.165) is 5.56 Å². The molecular weight excluding hydrogens is 262 g/mol. The molecule has 0 saturated carbocycles. The molecule has 2 aromatic rings. The van der Waals surface area contributed by atoms with Crippen LogP contribution in [0.3, 0.4) is 0 Å². The predicted octanol–water partition coefficient (Wildman–Crippen LogP) is 1.97. The molecule has 0 aliphatic carbocycles. The second kappa shape index (κ2) is 5.12. The lowest BCUT2D eigenvalue weighted by molar-refractivity contribution is -0.383. The van der Waals surface area contributed by atoms with Crippen LogP contribution >= 0.6 is 0 Å². The van der Waals surface area contributed by atoms with Crippen LogP contribution in [0.15, 0.2) is 24.4 Å².